The molecule has 0 bridgehead atoms. The Kier molecular flexibility index (Phi) is 8.11. The molecular formula is C25H16BrClN4O9. The van der Waals surface area contributed by atoms with Crippen molar-refractivity contribution in [3.63, 3.8) is 0 Å². The summed E-state index contributed by atoms with van der Waals surface area (Å²) in [6.45, 7) is 1.76. The molecule has 0 saturated carbocycles. The lowest BCUT2D eigenvalue weighted by molar-refractivity contribution is -0.394. The van der Waals surface area contributed by atoms with Gasteiger partial charge < -0.3 is 9.47 Å². The fraction of sp³-hybridized carbons (Fsp3) is 0.0800. The van der Waals surface area contributed by atoms with Crippen LogP contribution in [0, 0.1) is 20.2 Å². The van der Waals surface area contributed by atoms with Crippen molar-refractivity contribution in [1.82, 2.24) is 5.32 Å². The van der Waals surface area contributed by atoms with E-state index in [-0.39, 0.29) is 45.7 Å². The predicted octanol–water partition coefficient (Wildman–Crippen LogP) is 5.78. The highest BCUT2D eigenvalue weighted by molar-refractivity contribution is 9.10. The van der Waals surface area contributed by atoms with Gasteiger partial charge in [-0.15, -0.1) is 0 Å². The minimum Gasteiger partial charge on any atom is -0.490 e. The Bertz CT molecular complexity index is 1610. The van der Waals surface area contributed by atoms with E-state index in [2.05, 4.69) is 21.2 Å². The Morgan fingerprint density at radius 1 is 1.00 bits per heavy atom. The number of hydrogen-bond acceptors (Lipinski definition) is 9. The number of urea groups is 1. The van der Waals surface area contributed by atoms with Crippen LogP contribution in [-0.2, 0) is 9.59 Å². The topological polar surface area (TPSA) is 171 Å². The summed E-state index contributed by atoms with van der Waals surface area (Å²) in [5, 5.41) is 24.6. The Morgan fingerprint density at radius 3 is 2.33 bits per heavy atom. The van der Waals surface area contributed by atoms with Crippen LogP contribution in [0.2, 0.25) is 5.02 Å². The van der Waals surface area contributed by atoms with Crippen molar-refractivity contribution < 1.29 is 33.7 Å². The first kappa shape index (κ1) is 28.2. The number of nitrogens with one attached hydrogen (secondary N) is 1. The highest BCUT2D eigenvalue weighted by Crippen LogP contribution is 2.43. The molecule has 1 fully saturated rings. The molecule has 40 heavy (non-hydrogen) atoms. The van der Waals surface area contributed by atoms with Crippen molar-refractivity contribution in [1.29, 1.82) is 0 Å². The van der Waals surface area contributed by atoms with E-state index in [1.54, 1.807) is 19.1 Å². The second kappa shape index (κ2) is 11.5. The summed E-state index contributed by atoms with van der Waals surface area (Å²) < 4.78 is 12.0. The third kappa shape index (κ3) is 5.77. The standard InChI is InChI=1S/C25H16BrClN4O9/c1-2-39-21-11-13(9-17-23(32)28-25(34)29(24(17)33)15-5-3-14(26)4-6-15)10-18(27)22(21)40-20-8-7-16(30(35)36)12-19(20)31(37)38/h3-12H,2H2,1H3,(H,28,32,34)/b17-9+. The summed E-state index contributed by atoms with van der Waals surface area (Å²) in [4.78, 5) is 59.9. The number of nitrogens with zero attached hydrogens (tertiary/aromatic N) is 3. The van der Waals surface area contributed by atoms with E-state index in [1.165, 1.54) is 30.3 Å². The Hall–Kier alpha value is -4.82. The highest BCUT2D eigenvalue weighted by atomic mass is 79.9. The number of hydrogen-bond donors (Lipinski definition) is 1. The maximum Gasteiger partial charge on any atom is 0.335 e. The molecule has 0 atom stereocenters. The van der Waals surface area contributed by atoms with Crippen molar-refractivity contribution >= 4 is 68.5 Å². The van der Waals surface area contributed by atoms with Crippen molar-refractivity contribution in [3.05, 3.63) is 95.5 Å². The fourth-order valence-electron chi connectivity index (χ4n) is 3.64. The number of ether oxygens (including phenoxy) is 2. The van der Waals surface area contributed by atoms with Crippen LogP contribution in [0.3, 0.4) is 0 Å². The fourth-order valence-corrected chi connectivity index (χ4v) is 4.16. The van der Waals surface area contributed by atoms with Gasteiger partial charge in [0, 0.05) is 10.5 Å². The lowest BCUT2D eigenvalue weighted by Gasteiger charge is -2.26. The lowest BCUT2D eigenvalue weighted by atomic mass is 10.1. The van der Waals surface area contributed by atoms with Gasteiger partial charge in [-0.05, 0) is 61.0 Å². The zero-order chi connectivity index (χ0) is 29.1. The Balaban J connectivity index is 1.74. The number of halogens is 2. The van der Waals surface area contributed by atoms with Gasteiger partial charge in [-0.2, -0.15) is 0 Å². The molecule has 3 aromatic rings. The zero-order valence-corrected chi connectivity index (χ0v) is 22.6. The van der Waals surface area contributed by atoms with Crippen molar-refractivity contribution in [2.45, 2.75) is 6.92 Å². The molecule has 1 N–H and O–H groups in total. The number of anilines is 1. The Labute approximate surface area is 238 Å². The molecule has 4 rings (SSSR count). The van der Waals surface area contributed by atoms with Gasteiger partial charge >= 0.3 is 11.7 Å². The minimum absolute atomic E-state index is 0.000917. The number of rotatable bonds is 8. The van der Waals surface area contributed by atoms with Crippen molar-refractivity contribution in [2.75, 3.05) is 11.5 Å². The molecule has 13 nitrogen and oxygen atoms in total. The first-order valence-corrected chi connectivity index (χ1v) is 12.4. The van der Waals surface area contributed by atoms with Crippen LogP contribution in [0.4, 0.5) is 21.9 Å². The normalized spacial score (nSPS) is 14.2. The molecule has 0 aliphatic carbocycles. The molecule has 3 aromatic carbocycles. The summed E-state index contributed by atoms with van der Waals surface area (Å²) >= 11 is 9.69. The van der Waals surface area contributed by atoms with Crippen LogP contribution in [-0.4, -0.2) is 34.3 Å². The molecule has 1 heterocycles. The van der Waals surface area contributed by atoms with Crippen molar-refractivity contribution in [3.8, 4) is 17.2 Å². The second-order valence-electron chi connectivity index (χ2n) is 7.97. The monoisotopic (exact) mass is 630 g/mol. The van der Waals surface area contributed by atoms with Gasteiger partial charge in [0.15, 0.2) is 11.5 Å². The van der Waals surface area contributed by atoms with Gasteiger partial charge in [-0.1, -0.05) is 27.5 Å². The van der Waals surface area contributed by atoms with Crippen molar-refractivity contribution in [2.24, 2.45) is 0 Å². The smallest absolute Gasteiger partial charge is 0.335 e. The summed E-state index contributed by atoms with van der Waals surface area (Å²) in [5.74, 6) is -2.30. The van der Waals surface area contributed by atoms with Gasteiger partial charge in [-0.25, -0.2) is 9.69 Å². The maximum absolute atomic E-state index is 13.2. The number of barbiturate groups is 1. The maximum atomic E-state index is 13.2. The van der Waals surface area contributed by atoms with E-state index < -0.39 is 39.1 Å². The van der Waals surface area contributed by atoms with Gasteiger partial charge in [0.25, 0.3) is 17.5 Å². The summed E-state index contributed by atoms with van der Waals surface area (Å²) in [6.07, 6.45) is 1.20. The quantitative estimate of drug-likeness (QED) is 0.140. The zero-order valence-electron chi connectivity index (χ0n) is 20.3. The number of non-ortho nitro benzene ring substituents is 1. The van der Waals surface area contributed by atoms with Gasteiger partial charge in [0.1, 0.15) is 5.57 Å². The van der Waals surface area contributed by atoms with E-state index in [9.17, 15) is 34.6 Å². The first-order valence-electron chi connectivity index (χ1n) is 11.2. The van der Waals surface area contributed by atoms with Crippen LogP contribution in [0.15, 0.2) is 64.6 Å². The second-order valence-corrected chi connectivity index (χ2v) is 9.29. The molecule has 4 amide bonds. The molecular weight excluding hydrogens is 616 g/mol. The molecule has 1 aliphatic rings. The summed E-state index contributed by atoms with van der Waals surface area (Å²) in [6, 6.07) is 10.9. The highest BCUT2D eigenvalue weighted by Gasteiger charge is 2.37. The van der Waals surface area contributed by atoms with Crippen LogP contribution in [0.1, 0.15) is 12.5 Å². The molecule has 1 aliphatic heterocycles. The predicted molar refractivity (Wildman–Crippen MR) is 146 cm³/mol. The molecule has 0 unspecified atom stereocenters. The number of nitro benzene ring substituents is 2. The largest absolute Gasteiger partial charge is 0.490 e. The lowest BCUT2D eigenvalue weighted by Crippen LogP contribution is -2.54. The third-order valence-electron chi connectivity index (χ3n) is 5.39. The van der Waals surface area contributed by atoms with Gasteiger partial charge in [-0.3, -0.25) is 35.1 Å². The first-order chi connectivity index (χ1) is 19.0. The minimum atomic E-state index is -0.931. The van der Waals surface area contributed by atoms with E-state index in [1.807, 2.05) is 0 Å². The van der Waals surface area contributed by atoms with E-state index >= 15 is 0 Å². The molecule has 0 spiro atoms. The number of carbonyl (C=O) groups excluding carboxylic acids is 3. The molecule has 1 saturated heterocycles. The average molecular weight is 632 g/mol. The van der Waals surface area contributed by atoms with E-state index in [0.717, 1.165) is 23.1 Å². The average Bonchev–Trinajstić information content (AvgIpc) is 2.89. The molecule has 15 heteroatoms. The third-order valence-corrected chi connectivity index (χ3v) is 6.20. The number of imide groups is 2. The number of amides is 4. The van der Waals surface area contributed by atoms with Gasteiger partial charge in [0.05, 0.1) is 33.2 Å². The van der Waals surface area contributed by atoms with Crippen LogP contribution >= 0.6 is 27.5 Å². The van der Waals surface area contributed by atoms with Crippen LogP contribution in [0.5, 0.6) is 17.2 Å². The van der Waals surface area contributed by atoms with Crippen LogP contribution in [0.25, 0.3) is 6.08 Å². The van der Waals surface area contributed by atoms with E-state index in [4.69, 9.17) is 21.1 Å². The number of nitro groups is 2. The van der Waals surface area contributed by atoms with Crippen LogP contribution < -0.4 is 19.7 Å². The number of benzene rings is 3. The SMILES string of the molecule is CCOc1cc(/C=C2\C(=O)NC(=O)N(c3ccc(Br)cc3)C2=O)cc(Cl)c1Oc1ccc([N+](=O)[O-])cc1[N+](=O)[O-]. The Morgan fingerprint density at radius 2 is 1.70 bits per heavy atom. The molecule has 204 valence electrons. The number of carbonyl (C=O) groups is 3. The van der Waals surface area contributed by atoms with E-state index in [0.29, 0.717) is 4.47 Å². The summed E-state index contributed by atoms with van der Waals surface area (Å²) in [5.41, 5.74) is -1.13. The summed E-state index contributed by atoms with van der Waals surface area (Å²) in [7, 11) is 0. The van der Waals surface area contributed by atoms with Gasteiger partial charge in [0.2, 0.25) is 5.75 Å². The molecule has 0 aromatic heterocycles. The molecule has 0 radical (unpaired) electrons.